The first kappa shape index (κ1) is 13.3. The summed E-state index contributed by atoms with van der Waals surface area (Å²) in [5, 5.41) is 14.6. The molecule has 0 unspecified atom stereocenters. The predicted octanol–water partition coefficient (Wildman–Crippen LogP) is 4.46. The van der Waals surface area contributed by atoms with Gasteiger partial charge >= 0.3 is 6.18 Å². The van der Waals surface area contributed by atoms with Crippen LogP contribution in [0.15, 0.2) is 34.5 Å². The number of rotatable bonds is 2. The highest BCUT2D eigenvalue weighted by molar-refractivity contribution is 5.46. The van der Waals surface area contributed by atoms with Crippen molar-refractivity contribution in [3.05, 3.63) is 41.2 Å². The van der Waals surface area contributed by atoms with E-state index in [0.717, 1.165) is 17.8 Å². The zero-order chi connectivity index (χ0) is 14.0. The summed E-state index contributed by atoms with van der Waals surface area (Å²) in [5.41, 5.74) is 1.69. The summed E-state index contributed by atoms with van der Waals surface area (Å²) in [6, 6.07) is 4.50. The Balaban J connectivity index is 2.21. The van der Waals surface area contributed by atoms with E-state index in [1.807, 2.05) is 0 Å². The van der Waals surface area contributed by atoms with Crippen LogP contribution in [0.1, 0.15) is 17.0 Å². The number of aryl methyl sites for hydroxylation is 2. The van der Waals surface area contributed by atoms with Crippen molar-refractivity contribution >= 4 is 11.4 Å². The van der Waals surface area contributed by atoms with Gasteiger partial charge in [-0.05, 0) is 38.1 Å². The summed E-state index contributed by atoms with van der Waals surface area (Å²) in [5.74, 6) is 0. The monoisotopic (exact) mass is 268 g/mol. The minimum absolute atomic E-state index is 0.355. The van der Waals surface area contributed by atoms with Gasteiger partial charge in [0.2, 0.25) is 0 Å². The number of hydrogen-bond donors (Lipinski definition) is 1. The Morgan fingerprint density at radius 3 is 2.16 bits per heavy atom. The van der Waals surface area contributed by atoms with Crippen LogP contribution in [-0.2, 0) is 6.18 Å². The van der Waals surface area contributed by atoms with Gasteiger partial charge in [-0.15, -0.1) is 5.11 Å². The van der Waals surface area contributed by atoms with Crippen molar-refractivity contribution in [2.45, 2.75) is 20.0 Å². The molecule has 2 rings (SSSR count). The Bertz CT molecular complexity index is 577. The number of aromatic nitrogens is 2. The van der Waals surface area contributed by atoms with Crippen molar-refractivity contribution in [3.8, 4) is 0 Å². The predicted molar refractivity (Wildman–Crippen MR) is 63.7 cm³/mol. The van der Waals surface area contributed by atoms with E-state index in [4.69, 9.17) is 0 Å². The Morgan fingerprint density at radius 1 is 1.05 bits per heavy atom. The Hall–Kier alpha value is -2.18. The first-order valence-electron chi connectivity index (χ1n) is 5.48. The summed E-state index contributed by atoms with van der Waals surface area (Å²) in [4.78, 5) is 0. The highest BCUT2D eigenvalue weighted by Crippen LogP contribution is 2.31. The quantitative estimate of drug-likeness (QED) is 0.803. The second-order valence-corrected chi connectivity index (χ2v) is 4.03. The summed E-state index contributed by atoms with van der Waals surface area (Å²) < 4.78 is 37.1. The van der Waals surface area contributed by atoms with Gasteiger partial charge in [-0.2, -0.15) is 23.4 Å². The molecule has 0 aliphatic rings. The average Bonchev–Trinajstić information content (AvgIpc) is 2.66. The number of nitrogens with one attached hydrogen (secondary N) is 1. The maximum atomic E-state index is 12.4. The van der Waals surface area contributed by atoms with Crippen LogP contribution < -0.4 is 0 Å². The number of azo groups is 1. The molecule has 19 heavy (non-hydrogen) atoms. The molecule has 0 aliphatic heterocycles. The number of nitrogens with zero attached hydrogens (tertiary/aromatic N) is 3. The van der Waals surface area contributed by atoms with Gasteiger partial charge in [-0.3, -0.25) is 5.10 Å². The van der Waals surface area contributed by atoms with Crippen molar-refractivity contribution in [1.82, 2.24) is 10.2 Å². The van der Waals surface area contributed by atoms with E-state index in [0.29, 0.717) is 17.1 Å². The molecule has 0 spiro atoms. The van der Waals surface area contributed by atoms with E-state index in [1.165, 1.54) is 12.1 Å². The van der Waals surface area contributed by atoms with E-state index in [9.17, 15) is 13.2 Å². The van der Waals surface area contributed by atoms with Gasteiger partial charge in [0.25, 0.3) is 0 Å². The molecule has 100 valence electrons. The zero-order valence-electron chi connectivity index (χ0n) is 10.3. The van der Waals surface area contributed by atoms with Crippen LogP contribution in [0.5, 0.6) is 0 Å². The lowest BCUT2D eigenvalue weighted by molar-refractivity contribution is -0.137. The number of halogens is 3. The number of H-pyrrole nitrogens is 1. The van der Waals surface area contributed by atoms with Gasteiger partial charge in [0.1, 0.15) is 5.69 Å². The SMILES string of the molecule is Cc1n[nH]c(C)c1/N=N/c1ccc(C(F)(F)F)cc1. The van der Waals surface area contributed by atoms with Crippen molar-refractivity contribution in [2.24, 2.45) is 10.2 Å². The Kier molecular flexibility index (Phi) is 3.37. The Morgan fingerprint density at radius 2 is 1.68 bits per heavy atom. The Labute approximate surface area is 107 Å². The van der Waals surface area contributed by atoms with E-state index >= 15 is 0 Å². The van der Waals surface area contributed by atoms with E-state index in [-0.39, 0.29) is 0 Å². The molecular formula is C12H11F3N4. The molecule has 0 bridgehead atoms. The molecule has 1 aromatic carbocycles. The van der Waals surface area contributed by atoms with Gasteiger partial charge in [-0.1, -0.05) is 0 Å². The molecule has 7 heteroatoms. The number of aromatic amines is 1. The van der Waals surface area contributed by atoms with E-state index in [1.54, 1.807) is 13.8 Å². The van der Waals surface area contributed by atoms with Crippen LogP contribution >= 0.6 is 0 Å². The fourth-order valence-electron chi connectivity index (χ4n) is 1.52. The van der Waals surface area contributed by atoms with Crippen molar-refractivity contribution < 1.29 is 13.2 Å². The number of alkyl halides is 3. The average molecular weight is 268 g/mol. The minimum Gasteiger partial charge on any atom is -0.280 e. The second kappa shape index (κ2) is 4.83. The van der Waals surface area contributed by atoms with Gasteiger partial charge in [0.15, 0.2) is 0 Å². The minimum atomic E-state index is -4.34. The first-order valence-corrected chi connectivity index (χ1v) is 5.48. The van der Waals surface area contributed by atoms with Gasteiger partial charge in [0, 0.05) is 0 Å². The maximum absolute atomic E-state index is 12.4. The van der Waals surface area contributed by atoms with Crippen molar-refractivity contribution in [2.75, 3.05) is 0 Å². The fourth-order valence-corrected chi connectivity index (χ4v) is 1.52. The molecule has 0 amide bonds. The van der Waals surface area contributed by atoms with Crippen molar-refractivity contribution in [1.29, 1.82) is 0 Å². The van der Waals surface area contributed by atoms with Crippen LogP contribution in [0.3, 0.4) is 0 Å². The molecule has 1 heterocycles. The third kappa shape index (κ3) is 2.98. The second-order valence-electron chi connectivity index (χ2n) is 4.03. The number of benzene rings is 1. The molecule has 0 saturated heterocycles. The van der Waals surface area contributed by atoms with Crippen LogP contribution in [0.2, 0.25) is 0 Å². The van der Waals surface area contributed by atoms with Gasteiger partial charge in [0.05, 0.1) is 22.6 Å². The molecular weight excluding hydrogens is 257 g/mol. The summed E-state index contributed by atoms with van der Waals surface area (Å²) in [6.07, 6.45) is -4.34. The lowest BCUT2D eigenvalue weighted by Gasteiger charge is -2.05. The highest BCUT2D eigenvalue weighted by Gasteiger charge is 2.29. The molecule has 0 aliphatic carbocycles. The molecule has 0 atom stereocenters. The van der Waals surface area contributed by atoms with Crippen LogP contribution in [0.4, 0.5) is 24.5 Å². The fraction of sp³-hybridized carbons (Fsp3) is 0.250. The normalized spacial score (nSPS) is 12.3. The lowest BCUT2D eigenvalue weighted by atomic mass is 10.2. The summed E-state index contributed by atoms with van der Waals surface area (Å²) in [7, 11) is 0. The smallest absolute Gasteiger partial charge is 0.280 e. The number of hydrogen-bond acceptors (Lipinski definition) is 3. The van der Waals surface area contributed by atoms with Crippen LogP contribution in [-0.4, -0.2) is 10.2 Å². The van der Waals surface area contributed by atoms with Crippen LogP contribution in [0.25, 0.3) is 0 Å². The molecule has 0 fully saturated rings. The van der Waals surface area contributed by atoms with Crippen molar-refractivity contribution in [3.63, 3.8) is 0 Å². The maximum Gasteiger partial charge on any atom is 0.416 e. The van der Waals surface area contributed by atoms with Crippen LogP contribution in [0, 0.1) is 13.8 Å². The first-order chi connectivity index (χ1) is 8.88. The molecule has 1 N–H and O–H groups in total. The van der Waals surface area contributed by atoms with Gasteiger partial charge in [-0.25, -0.2) is 0 Å². The summed E-state index contributed by atoms with van der Waals surface area (Å²) in [6.45, 7) is 3.56. The molecule has 2 aromatic rings. The standard InChI is InChI=1S/C12H11F3N4/c1-7-11(8(2)17-16-7)19-18-10-5-3-9(4-6-10)12(13,14)15/h3-6H,1-2H3,(H,16,17)/b19-18+. The topological polar surface area (TPSA) is 53.4 Å². The molecule has 4 nitrogen and oxygen atoms in total. The molecule has 1 aromatic heterocycles. The molecule has 0 radical (unpaired) electrons. The highest BCUT2D eigenvalue weighted by atomic mass is 19.4. The third-order valence-corrected chi connectivity index (χ3v) is 2.55. The summed E-state index contributed by atoms with van der Waals surface area (Å²) >= 11 is 0. The van der Waals surface area contributed by atoms with E-state index < -0.39 is 11.7 Å². The third-order valence-electron chi connectivity index (χ3n) is 2.55. The van der Waals surface area contributed by atoms with E-state index in [2.05, 4.69) is 20.4 Å². The zero-order valence-corrected chi connectivity index (χ0v) is 10.3. The lowest BCUT2D eigenvalue weighted by Crippen LogP contribution is -2.03. The largest absolute Gasteiger partial charge is 0.416 e. The molecule has 0 saturated carbocycles. The van der Waals surface area contributed by atoms with Gasteiger partial charge < -0.3 is 0 Å².